The Balaban J connectivity index is 1.64. The average molecular weight is 401 g/mol. The third-order valence-electron chi connectivity index (χ3n) is 4.73. The molecule has 8 heteroatoms. The summed E-state index contributed by atoms with van der Waals surface area (Å²) in [5.74, 6) is 0.690. The van der Waals surface area contributed by atoms with Crippen LogP contribution in [-0.4, -0.2) is 52.0 Å². The first kappa shape index (κ1) is 22.5. The van der Waals surface area contributed by atoms with Crippen molar-refractivity contribution in [3.63, 3.8) is 0 Å². The van der Waals surface area contributed by atoms with Crippen molar-refractivity contribution in [2.45, 2.75) is 44.4 Å². The van der Waals surface area contributed by atoms with Gasteiger partial charge in [-0.15, -0.1) is 0 Å². The molecule has 0 aromatic heterocycles. The third kappa shape index (κ3) is 7.67. The van der Waals surface area contributed by atoms with Gasteiger partial charge in [0.1, 0.15) is 0 Å². The molecule has 1 saturated heterocycles. The zero-order chi connectivity index (χ0) is 20.4. The van der Waals surface area contributed by atoms with Crippen LogP contribution in [0.15, 0.2) is 29.3 Å². The molecule has 1 aliphatic heterocycles. The molecule has 1 aromatic carbocycles. The van der Waals surface area contributed by atoms with E-state index < -0.39 is 11.7 Å². The fourth-order valence-corrected chi connectivity index (χ4v) is 2.99. The number of nitrogens with zero attached hydrogens (tertiary/aromatic N) is 1. The second-order valence-corrected chi connectivity index (χ2v) is 6.95. The minimum atomic E-state index is -4.31. The lowest BCUT2D eigenvalue weighted by Crippen LogP contribution is -2.38. The summed E-state index contributed by atoms with van der Waals surface area (Å²) in [7, 11) is 1.69. The molecule has 2 rings (SSSR count). The summed E-state index contributed by atoms with van der Waals surface area (Å²) in [5, 5.41) is 6.42. The Morgan fingerprint density at radius 1 is 1.32 bits per heavy atom. The molecule has 1 heterocycles. The number of benzene rings is 1. The van der Waals surface area contributed by atoms with Crippen LogP contribution in [0.4, 0.5) is 13.2 Å². The van der Waals surface area contributed by atoms with Crippen LogP contribution < -0.4 is 10.6 Å². The number of hydrogen-bond acceptors (Lipinski definition) is 3. The van der Waals surface area contributed by atoms with Crippen molar-refractivity contribution in [1.82, 2.24) is 10.6 Å². The van der Waals surface area contributed by atoms with Crippen molar-refractivity contribution in [2.75, 3.05) is 40.0 Å². The second-order valence-electron chi connectivity index (χ2n) is 6.95. The first-order chi connectivity index (χ1) is 13.4. The summed E-state index contributed by atoms with van der Waals surface area (Å²) in [6.07, 6.45) is -1.57. The van der Waals surface area contributed by atoms with Gasteiger partial charge in [0.05, 0.1) is 18.3 Å². The van der Waals surface area contributed by atoms with Gasteiger partial charge < -0.3 is 20.1 Å². The molecule has 1 aromatic rings. The molecule has 0 radical (unpaired) electrons. The van der Waals surface area contributed by atoms with Gasteiger partial charge in [-0.1, -0.05) is 25.1 Å². The highest BCUT2D eigenvalue weighted by molar-refractivity contribution is 5.79. The Labute approximate surface area is 164 Å². The minimum absolute atomic E-state index is 0.00920. The molecule has 1 aliphatic rings. The Morgan fingerprint density at radius 3 is 2.79 bits per heavy atom. The van der Waals surface area contributed by atoms with Crippen molar-refractivity contribution < 1.29 is 22.6 Å². The van der Waals surface area contributed by atoms with Crippen LogP contribution in [-0.2, 0) is 15.7 Å². The number of hydrogen-bond donors (Lipinski definition) is 2. The maximum atomic E-state index is 12.8. The van der Waals surface area contributed by atoms with Gasteiger partial charge in [-0.3, -0.25) is 4.99 Å². The molecule has 0 amide bonds. The average Bonchev–Trinajstić information content (AvgIpc) is 3.19. The Bertz CT molecular complexity index is 617. The number of rotatable bonds is 9. The number of halogens is 3. The number of aliphatic imine (C=N–C) groups is 1. The number of alkyl halides is 3. The largest absolute Gasteiger partial charge is 0.416 e. The molecule has 0 bridgehead atoms. The summed E-state index contributed by atoms with van der Waals surface area (Å²) in [5.41, 5.74) is 0.0845. The predicted molar refractivity (Wildman–Crippen MR) is 104 cm³/mol. The van der Waals surface area contributed by atoms with Crippen molar-refractivity contribution in [1.29, 1.82) is 0 Å². The van der Waals surface area contributed by atoms with E-state index in [2.05, 4.69) is 15.6 Å². The number of guanidine groups is 1. The van der Waals surface area contributed by atoms with E-state index in [0.717, 1.165) is 32.1 Å². The summed E-state index contributed by atoms with van der Waals surface area (Å²) in [4.78, 5) is 4.16. The summed E-state index contributed by atoms with van der Waals surface area (Å²) in [6, 6.07) is 5.53. The standard InChI is InChI=1S/C20H30F3N3O2/c1-15(16-5-3-6-17(13-16)20(21,22)23)7-10-26-19(24-2)25-9-4-11-28-18-8-12-27-14-18/h3,5-6,13,15,18H,4,7-12,14H2,1-2H3,(H2,24,25,26). The fraction of sp³-hybridized carbons (Fsp3) is 0.650. The Kier molecular flexibility index (Phi) is 9.05. The molecule has 0 spiro atoms. The van der Waals surface area contributed by atoms with Gasteiger partial charge in [-0.25, -0.2) is 0 Å². The smallest absolute Gasteiger partial charge is 0.379 e. The van der Waals surface area contributed by atoms with Gasteiger partial charge in [0.25, 0.3) is 0 Å². The van der Waals surface area contributed by atoms with Gasteiger partial charge >= 0.3 is 6.18 Å². The van der Waals surface area contributed by atoms with Gasteiger partial charge in [-0.2, -0.15) is 13.2 Å². The van der Waals surface area contributed by atoms with E-state index in [-0.39, 0.29) is 12.0 Å². The van der Waals surface area contributed by atoms with Crippen molar-refractivity contribution in [3.05, 3.63) is 35.4 Å². The highest BCUT2D eigenvalue weighted by Gasteiger charge is 2.30. The highest BCUT2D eigenvalue weighted by atomic mass is 19.4. The van der Waals surface area contributed by atoms with Gasteiger partial charge in [0, 0.05) is 33.4 Å². The number of nitrogens with one attached hydrogen (secondary N) is 2. The molecule has 5 nitrogen and oxygen atoms in total. The summed E-state index contributed by atoms with van der Waals surface area (Å²) >= 11 is 0. The Hall–Kier alpha value is -1.80. The molecule has 158 valence electrons. The summed E-state index contributed by atoms with van der Waals surface area (Å²) < 4.78 is 49.5. The maximum Gasteiger partial charge on any atom is 0.416 e. The number of ether oxygens (including phenoxy) is 2. The first-order valence-electron chi connectivity index (χ1n) is 9.71. The van der Waals surface area contributed by atoms with Gasteiger partial charge in [0.2, 0.25) is 0 Å². The van der Waals surface area contributed by atoms with E-state index in [1.165, 1.54) is 12.1 Å². The molecule has 0 aliphatic carbocycles. The molecular weight excluding hydrogens is 371 g/mol. The molecule has 1 fully saturated rings. The fourth-order valence-electron chi connectivity index (χ4n) is 2.99. The van der Waals surface area contributed by atoms with E-state index in [1.54, 1.807) is 13.1 Å². The zero-order valence-electron chi connectivity index (χ0n) is 16.5. The SMILES string of the molecule is CN=C(NCCCOC1CCOC1)NCCC(C)c1cccc(C(F)(F)F)c1. The van der Waals surface area contributed by atoms with E-state index >= 15 is 0 Å². The van der Waals surface area contributed by atoms with Crippen molar-refractivity contribution in [2.24, 2.45) is 4.99 Å². The predicted octanol–water partition coefficient (Wildman–Crippen LogP) is 3.56. The lowest BCUT2D eigenvalue weighted by Gasteiger charge is -2.16. The minimum Gasteiger partial charge on any atom is -0.379 e. The van der Waals surface area contributed by atoms with Crippen molar-refractivity contribution in [3.8, 4) is 0 Å². The summed E-state index contributed by atoms with van der Waals surface area (Å²) in [6.45, 7) is 5.41. The molecule has 2 atom stereocenters. The topological polar surface area (TPSA) is 54.9 Å². The van der Waals surface area contributed by atoms with E-state index in [9.17, 15) is 13.2 Å². The quantitative estimate of drug-likeness (QED) is 0.377. The molecule has 0 saturated carbocycles. The monoisotopic (exact) mass is 401 g/mol. The third-order valence-corrected chi connectivity index (χ3v) is 4.73. The van der Waals surface area contributed by atoms with Crippen LogP contribution in [0, 0.1) is 0 Å². The molecule has 28 heavy (non-hydrogen) atoms. The van der Waals surface area contributed by atoms with Crippen LogP contribution in [0.1, 0.15) is 43.2 Å². The van der Waals surface area contributed by atoms with E-state index in [0.29, 0.717) is 37.7 Å². The zero-order valence-corrected chi connectivity index (χ0v) is 16.5. The molecule has 2 N–H and O–H groups in total. The maximum absolute atomic E-state index is 12.8. The van der Waals surface area contributed by atoms with Crippen LogP contribution in [0.2, 0.25) is 0 Å². The lowest BCUT2D eigenvalue weighted by atomic mass is 9.96. The van der Waals surface area contributed by atoms with Crippen LogP contribution in [0.25, 0.3) is 0 Å². The molecule has 2 unspecified atom stereocenters. The van der Waals surface area contributed by atoms with Gasteiger partial charge in [0.15, 0.2) is 5.96 Å². The van der Waals surface area contributed by atoms with Crippen LogP contribution >= 0.6 is 0 Å². The van der Waals surface area contributed by atoms with Gasteiger partial charge in [-0.05, 0) is 36.8 Å². The van der Waals surface area contributed by atoms with Crippen LogP contribution in [0.5, 0.6) is 0 Å². The van der Waals surface area contributed by atoms with E-state index in [1.807, 2.05) is 6.92 Å². The van der Waals surface area contributed by atoms with Crippen LogP contribution in [0.3, 0.4) is 0 Å². The Morgan fingerprint density at radius 2 is 2.11 bits per heavy atom. The lowest BCUT2D eigenvalue weighted by molar-refractivity contribution is -0.137. The molecular formula is C20H30F3N3O2. The highest BCUT2D eigenvalue weighted by Crippen LogP contribution is 2.31. The first-order valence-corrected chi connectivity index (χ1v) is 9.71. The van der Waals surface area contributed by atoms with Crippen molar-refractivity contribution >= 4 is 5.96 Å². The van der Waals surface area contributed by atoms with E-state index in [4.69, 9.17) is 9.47 Å². The normalized spacial score (nSPS) is 18.9. The second kappa shape index (κ2) is 11.3.